The molecule has 7 nitrogen and oxygen atoms in total. The molecular formula is C26H27N3O4S. The van der Waals surface area contributed by atoms with Crippen molar-refractivity contribution in [2.45, 2.75) is 56.2 Å². The minimum Gasteiger partial charge on any atom is -0.376 e. The second-order valence-corrected chi connectivity index (χ2v) is 10.2. The number of hydrogen-bond donors (Lipinski definition) is 0. The van der Waals surface area contributed by atoms with Gasteiger partial charge in [0, 0.05) is 31.3 Å². The molecule has 2 atom stereocenters. The third kappa shape index (κ3) is 4.28. The van der Waals surface area contributed by atoms with Gasteiger partial charge in [0.1, 0.15) is 0 Å². The van der Waals surface area contributed by atoms with Gasteiger partial charge >= 0.3 is 0 Å². The fourth-order valence-corrected chi connectivity index (χ4v) is 5.71. The van der Waals surface area contributed by atoms with Crippen LogP contribution in [0.25, 0.3) is 10.9 Å². The smallest absolute Gasteiger partial charge is 0.262 e. The highest BCUT2D eigenvalue weighted by molar-refractivity contribution is 8.00. The van der Waals surface area contributed by atoms with Gasteiger partial charge in [0.25, 0.3) is 5.56 Å². The van der Waals surface area contributed by atoms with E-state index in [0.29, 0.717) is 41.3 Å². The maximum Gasteiger partial charge on any atom is 0.262 e. The second-order valence-electron chi connectivity index (χ2n) is 8.85. The summed E-state index contributed by atoms with van der Waals surface area (Å²) >= 11 is 1.31. The zero-order valence-electron chi connectivity index (χ0n) is 19.3. The van der Waals surface area contributed by atoms with Gasteiger partial charge in [-0.1, -0.05) is 23.9 Å². The number of ketones is 1. The highest BCUT2D eigenvalue weighted by Crippen LogP contribution is 2.31. The first-order valence-corrected chi connectivity index (χ1v) is 12.5. The highest BCUT2D eigenvalue weighted by atomic mass is 32.2. The third-order valence-electron chi connectivity index (χ3n) is 6.53. The van der Waals surface area contributed by atoms with E-state index >= 15 is 0 Å². The van der Waals surface area contributed by atoms with E-state index < -0.39 is 5.25 Å². The van der Waals surface area contributed by atoms with Crippen molar-refractivity contribution in [2.24, 2.45) is 0 Å². The lowest BCUT2D eigenvalue weighted by atomic mass is 10.0. The van der Waals surface area contributed by atoms with Crippen molar-refractivity contribution in [3.63, 3.8) is 0 Å². The Balaban J connectivity index is 1.44. The number of fused-ring (bicyclic) bond motifs is 2. The number of benzene rings is 2. The van der Waals surface area contributed by atoms with E-state index in [0.717, 1.165) is 30.5 Å². The van der Waals surface area contributed by atoms with Crippen LogP contribution in [0.1, 0.15) is 42.6 Å². The quantitative estimate of drug-likeness (QED) is 0.305. The summed E-state index contributed by atoms with van der Waals surface area (Å²) in [6.45, 7) is 5.18. The van der Waals surface area contributed by atoms with E-state index in [-0.39, 0.29) is 23.4 Å². The van der Waals surface area contributed by atoms with E-state index in [9.17, 15) is 14.4 Å². The normalized spacial score (nSPS) is 18.3. The van der Waals surface area contributed by atoms with Crippen LogP contribution >= 0.6 is 11.8 Å². The number of para-hydroxylation sites is 1. The van der Waals surface area contributed by atoms with Gasteiger partial charge in [0.05, 0.1) is 28.8 Å². The van der Waals surface area contributed by atoms with E-state index in [1.54, 1.807) is 28.5 Å². The Morgan fingerprint density at radius 3 is 2.82 bits per heavy atom. The summed E-state index contributed by atoms with van der Waals surface area (Å²) in [6, 6.07) is 12.8. The Morgan fingerprint density at radius 1 is 1.24 bits per heavy atom. The molecule has 0 N–H and O–H groups in total. The summed E-state index contributed by atoms with van der Waals surface area (Å²) in [4.78, 5) is 45.0. The predicted octanol–water partition coefficient (Wildman–Crippen LogP) is 3.85. The van der Waals surface area contributed by atoms with Crippen molar-refractivity contribution in [3.05, 3.63) is 63.9 Å². The summed E-state index contributed by atoms with van der Waals surface area (Å²) < 4.78 is 7.44. The van der Waals surface area contributed by atoms with Crippen LogP contribution in [0.4, 0.5) is 5.69 Å². The standard InChI is InChI=1S/C26H27N3O4S/c1-16(24(31)19-9-10-23-18(14-19)11-12-28(23)17(2)30)34-26-27-22-8-4-3-7-21(22)25(32)29(26)15-20-6-5-13-33-20/h3-4,7-10,14,16,20H,5-6,11-13,15H2,1-2H3/t16-,20-/m1/s1. The maximum absolute atomic E-state index is 13.3. The molecule has 1 amide bonds. The van der Waals surface area contributed by atoms with Crippen molar-refractivity contribution in [1.29, 1.82) is 0 Å². The summed E-state index contributed by atoms with van der Waals surface area (Å²) in [7, 11) is 0. The van der Waals surface area contributed by atoms with Gasteiger partial charge in [-0.05, 0) is 62.1 Å². The number of carbonyl (C=O) groups excluding carboxylic acids is 2. The molecule has 1 fully saturated rings. The first-order valence-electron chi connectivity index (χ1n) is 11.7. The third-order valence-corrected chi connectivity index (χ3v) is 7.62. The van der Waals surface area contributed by atoms with Crippen LogP contribution in [0.2, 0.25) is 0 Å². The number of nitrogens with zero attached hydrogens (tertiary/aromatic N) is 3. The van der Waals surface area contributed by atoms with Crippen LogP contribution < -0.4 is 10.5 Å². The van der Waals surface area contributed by atoms with E-state index in [4.69, 9.17) is 9.72 Å². The summed E-state index contributed by atoms with van der Waals surface area (Å²) in [5.41, 5.74) is 3.02. The van der Waals surface area contributed by atoms with Gasteiger partial charge in [-0.3, -0.25) is 19.0 Å². The van der Waals surface area contributed by atoms with Crippen molar-refractivity contribution >= 4 is 40.0 Å². The Morgan fingerprint density at radius 2 is 2.06 bits per heavy atom. The number of ether oxygens (including phenoxy) is 1. The largest absolute Gasteiger partial charge is 0.376 e. The number of Topliss-reactive ketones (excluding diaryl/α,β-unsaturated/α-hetero) is 1. The van der Waals surface area contributed by atoms with E-state index in [1.807, 2.05) is 37.3 Å². The molecule has 3 aromatic rings. The highest BCUT2D eigenvalue weighted by Gasteiger charge is 2.26. The van der Waals surface area contributed by atoms with Gasteiger partial charge in [-0.25, -0.2) is 4.98 Å². The molecule has 2 aliphatic rings. The minimum atomic E-state index is -0.438. The molecule has 0 spiro atoms. The molecular weight excluding hydrogens is 450 g/mol. The number of thioether (sulfide) groups is 1. The topological polar surface area (TPSA) is 81.5 Å². The SMILES string of the molecule is CC(=O)N1CCc2cc(C(=O)[C@@H](C)Sc3nc4ccccc4c(=O)n3C[C@H]3CCCO3)ccc21. The average Bonchev–Trinajstić information content (AvgIpc) is 3.50. The molecule has 0 aliphatic carbocycles. The fourth-order valence-electron chi connectivity index (χ4n) is 4.72. The molecule has 1 aromatic heterocycles. The molecule has 3 heterocycles. The maximum atomic E-state index is 13.3. The van der Waals surface area contributed by atoms with Crippen LogP contribution in [0.5, 0.6) is 0 Å². The number of aromatic nitrogens is 2. The van der Waals surface area contributed by atoms with Crippen LogP contribution in [0.15, 0.2) is 52.4 Å². The molecule has 0 saturated carbocycles. The van der Waals surface area contributed by atoms with Crippen LogP contribution in [-0.4, -0.2) is 45.7 Å². The zero-order valence-corrected chi connectivity index (χ0v) is 20.1. The van der Waals surface area contributed by atoms with Crippen molar-refractivity contribution < 1.29 is 14.3 Å². The summed E-state index contributed by atoms with van der Waals surface area (Å²) in [6.07, 6.45) is 2.61. The van der Waals surface area contributed by atoms with Gasteiger partial charge in [0.2, 0.25) is 5.91 Å². The number of carbonyl (C=O) groups is 2. The predicted molar refractivity (Wildman–Crippen MR) is 133 cm³/mol. The fraction of sp³-hybridized carbons (Fsp3) is 0.385. The van der Waals surface area contributed by atoms with Crippen molar-refractivity contribution in [2.75, 3.05) is 18.1 Å². The Hall–Kier alpha value is -2.97. The minimum absolute atomic E-state index is 0.00772. The van der Waals surface area contributed by atoms with Gasteiger partial charge < -0.3 is 9.64 Å². The first kappa shape index (κ1) is 22.8. The lowest BCUT2D eigenvalue weighted by Crippen LogP contribution is -2.29. The van der Waals surface area contributed by atoms with Crippen LogP contribution in [0.3, 0.4) is 0 Å². The van der Waals surface area contributed by atoms with Crippen molar-refractivity contribution in [1.82, 2.24) is 9.55 Å². The molecule has 176 valence electrons. The average molecular weight is 478 g/mol. The summed E-state index contributed by atoms with van der Waals surface area (Å²) in [5, 5.41) is 0.661. The number of hydrogen-bond acceptors (Lipinski definition) is 6. The molecule has 34 heavy (non-hydrogen) atoms. The monoisotopic (exact) mass is 477 g/mol. The number of anilines is 1. The Labute approximate surface area is 202 Å². The lowest BCUT2D eigenvalue weighted by molar-refractivity contribution is -0.116. The van der Waals surface area contributed by atoms with Gasteiger partial charge in [-0.15, -0.1) is 0 Å². The molecule has 2 aliphatic heterocycles. The molecule has 0 unspecified atom stereocenters. The van der Waals surface area contributed by atoms with Crippen LogP contribution in [0, 0.1) is 0 Å². The number of amides is 1. The molecule has 0 radical (unpaired) electrons. The molecule has 2 aromatic carbocycles. The first-order chi connectivity index (χ1) is 16.4. The van der Waals surface area contributed by atoms with E-state index in [2.05, 4.69) is 0 Å². The van der Waals surface area contributed by atoms with E-state index in [1.165, 1.54) is 11.8 Å². The number of rotatable bonds is 6. The molecule has 5 rings (SSSR count). The molecule has 8 heteroatoms. The molecule has 1 saturated heterocycles. The van der Waals surface area contributed by atoms with Gasteiger partial charge in [0.15, 0.2) is 10.9 Å². The van der Waals surface area contributed by atoms with Crippen LogP contribution in [-0.2, 0) is 22.5 Å². The summed E-state index contributed by atoms with van der Waals surface area (Å²) in [5.74, 6) is -0.0199. The Kier molecular flexibility index (Phi) is 6.27. The van der Waals surface area contributed by atoms with Crippen molar-refractivity contribution in [3.8, 4) is 0 Å². The zero-order chi connectivity index (χ0) is 23.8. The second kappa shape index (κ2) is 9.35. The molecule has 0 bridgehead atoms. The van der Waals surface area contributed by atoms with Gasteiger partial charge in [-0.2, -0.15) is 0 Å². The lowest BCUT2D eigenvalue weighted by Gasteiger charge is -2.19. The Bertz CT molecular complexity index is 1330.